The molecule has 18 heavy (non-hydrogen) atoms. The van der Waals surface area contributed by atoms with Crippen molar-refractivity contribution in [3.05, 3.63) is 42.1 Å². The fraction of sp³-hybridized carbons (Fsp3) is 0.214. The number of nitrogens with one attached hydrogen (secondary N) is 1. The Hall–Kier alpha value is -2.41. The summed E-state index contributed by atoms with van der Waals surface area (Å²) in [5.74, 6) is -0.262. The Balaban J connectivity index is 2.26. The van der Waals surface area contributed by atoms with Crippen LogP contribution in [0.1, 0.15) is 23.7 Å². The normalized spacial score (nSPS) is 11.8. The van der Waals surface area contributed by atoms with Crippen LogP contribution in [-0.4, -0.2) is 16.9 Å². The van der Waals surface area contributed by atoms with E-state index in [9.17, 15) is 4.79 Å². The minimum atomic E-state index is -0.455. The summed E-state index contributed by atoms with van der Waals surface area (Å²) < 4.78 is 0. The molecule has 0 radical (unpaired) electrons. The first kappa shape index (κ1) is 12.1. The van der Waals surface area contributed by atoms with Crippen molar-refractivity contribution < 1.29 is 4.79 Å². The molecule has 0 saturated carbocycles. The monoisotopic (exact) mass is 239 g/mol. The maximum absolute atomic E-state index is 11.9. The molecule has 0 fully saturated rings. The van der Waals surface area contributed by atoms with Gasteiger partial charge in [-0.05, 0) is 18.6 Å². The minimum Gasteiger partial charge on any atom is -0.336 e. The lowest BCUT2D eigenvalue weighted by atomic mass is 10.1. The second kappa shape index (κ2) is 5.28. The summed E-state index contributed by atoms with van der Waals surface area (Å²) in [6.45, 7) is 1.85. The summed E-state index contributed by atoms with van der Waals surface area (Å²) in [6, 6.07) is 11.0. The van der Waals surface area contributed by atoms with Gasteiger partial charge in [-0.3, -0.25) is 9.78 Å². The van der Waals surface area contributed by atoms with Crippen LogP contribution in [0.15, 0.2) is 36.5 Å². The molecule has 0 aliphatic heterocycles. The average molecular weight is 239 g/mol. The van der Waals surface area contributed by atoms with Crippen molar-refractivity contribution in [3.63, 3.8) is 0 Å². The fourth-order valence-electron chi connectivity index (χ4n) is 1.66. The molecule has 0 spiro atoms. The first-order valence-corrected chi connectivity index (χ1v) is 5.80. The van der Waals surface area contributed by atoms with Crippen LogP contribution < -0.4 is 5.32 Å². The zero-order valence-electron chi connectivity index (χ0n) is 10.1. The SMILES string of the molecule is CCC(C#N)NC(=O)c1cnc2ccccc2c1. The van der Waals surface area contributed by atoms with E-state index < -0.39 is 6.04 Å². The second-order valence-corrected chi connectivity index (χ2v) is 3.98. The van der Waals surface area contributed by atoms with E-state index in [0.29, 0.717) is 12.0 Å². The molecule has 1 amide bonds. The van der Waals surface area contributed by atoms with Crippen molar-refractivity contribution in [1.29, 1.82) is 5.26 Å². The van der Waals surface area contributed by atoms with E-state index in [-0.39, 0.29) is 5.91 Å². The first-order chi connectivity index (χ1) is 8.74. The Labute approximate surface area is 105 Å². The summed E-state index contributed by atoms with van der Waals surface area (Å²) in [4.78, 5) is 16.1. The third-order valence-electron chi connectivity index (χ3n) is 2.72. The van der Waals surface area contributed by atoms with E-state index in [1.165, 1.54) is 6.20 Å². The smallest absolute Gasteiger partial charge is 0.253 e. The molecule has 1 atom stereocenters. The molecule has 2 rings (SSSR count). The molecular weight excluding hydrogens is 226 g/mol. The number of nitriles is 1. The van der Waals surface area contributed by atoms with E-state index >= 15 is 0 Å². The number of aromatic nitrogens is 1. The largest absolute Gasteiger partial charge is 0.336 e. The molecule has 1 heterocycles. The highest BCUT2D eigenvalue weighted by Gasteiger charge is 2.11. The van der Waals surface area contributed by atoms with Gasteiger partial charge < -0.3 is 5.32 Å². The van der Waals surface area contributed by atoms with Crippen molar-refractivity contribution in [1.82, 2.24) is 10.3 Å². The highest BCUT2D eigenvalue weighted by Crippen LogP contribution is 2.12. The summed E-state index contributed by atoms with van der Waals surface area (Å²) in [7, 11) is 0. The number of fused-ring (bicyclic) bond motifs is 1. The number of hydrogen-bond donors (Lipinski definition) is 1. The maximum Gasteiger partial charge on any atom is 0.253 e. The molecule has 1 aromatic heterocycles. The van der Waals surface area contributed by atoms with Crippen LogP contribution in [0, 0.1) is 11.3 Å². The number of nitrogens with zero attached hydrogens (tertiary/aromatic N) is 2. The van der Waals surface area contributed by atoms with Crippen molar-refractivity contribution in [2.45, 2.75) is 19.4 Å². The molecule has 1 N–H and O–H groups in total. The number of pyridine rings is 1. The lowest BCUT2D eigenvalue weighted by molar-refractivity contribution is 0.0944. The fourth-order valence-corrected chi connectivity index (χ4v) is 1.66. The molecule has 4 nitrogen and oxygen atoms in total. The number of benzene rings is 1. The van der Waals surface area contributed by atoms with Crippen LogP contribution in [0.4, 0.5) is 0 Å². The van der Waals surface area contributed by atoms with E-state index in [1.54, 1.807) is 6.07 Å². The number of carbonyl (C=O) groups is 1. The molecular formula is C14H13N3O. The molecule has 90 valence electrons. The predicted molar refractivity (Wildman–Crippen MR) is 68.9 cm³/mol. The topological polar surface area (TPSA) is 65.8 Å². The van der Waals surface area contributed by atoms with E-state index in [4.69, 9.17) is 5.26 Å². The molecule has 0 aliphatic rings. The van der Waals surface area contributed by atoms with E-state index in [1.807, 2.05) is 37.3 Å². The van der Waals surface area contributed by atoms with Gasteiger partial charge in [-0.25, -0.2) is 0 Å². The highest BCUT2D eigenvalue weighted by molar-refractivity contribution is 5.97. The summed E-state index contributed by atoms with van der Waals surface area (Å²) in [6.07, 6.45) is 2.12. The summed E-state index contributed by atoms with van der Waals surface area (Å²) >= 11 is 0. The quantitative estimate of drug-likeness (QED) is 0.893. The van der Waals surface area contributed by atoms with Gasteiger partial charge in [0.05, 0.1) is 17.1 Å². The van der Waals surface area contributed by atoms with Gasteiger partial charge in [0.25, 0.3) is 5.91 Å². The zero-order valence-corrected chi connectivity index (χ0v) is 10.1. The van der Waals surface area contributed by atoms with Crippen molar-refractivity contribution >= 4 is 16.8 Å². The van der Waals surface area contributed by atoms with Gasteiger partial charge in [0, 0.05) is 11.6 Å². The molecule has 2 aromatic rings. The first-order valence-electron chi connectivity index (χ1n) is 5.80. The van der Waals surface area contributed by atoms with Crippen LogP contribution in [-0.2, 0) is 0 Å². The predicted octanol–water partition coefficient (Wildman–Crippen LogP) is 2.27. The van der Waals surface area contributed by atoms with E-state index in [2.05, 4.69) is 10.3 Å². The Bertz CT molecular complexity index is 616. The average Bonchev–Trinajstić information content (AvgIpc) is 2.44. The van der Waals surface area contributed by atoms with Crippen LogP contribution in [0.3, 0.4) is 0 Å². The van der Waals surface area contributed by atoms with E-state index in [0.717, 1.165) is 10.9 Å². The molecule has 4 heteroatoms. The van der Waals surface area contributed by atoms with Crippen LogP contribution in [0.2, 0.25) is 0 Å². The molecule has 1 unspecified atom stereocenters. The standard InChI is InChI=1S/C14H13N3O/c1-2-12(8-15)17-14(18)11-7-10-5-3-4-6-13(10)16-9-11/h3-7,9,12H,2H2,1H3,(H,17,18). The van der Waals surface area contributed by atoms with Crippen LogP contribution >= 0.6 is 0 Å². The van der Waals surface area contributed by atoms with Gasteiger partial charge >= 0.3 is 0 Å². The Morgan fingerprint density at radius 2 is 2.28 bits per heavy atom. The zero-order chi connectivity index (χ0) is 13.0. The number of para-hydroxylation sites is 1. The molecule has 0 bridgehead atoms. The summed E-state index contributed by atoms with van der Waals surface area (Å²) in [5.41, 5.74) is 1.32. The third-order valence-corrected chi connectivity index (χ3v) is 2.72. The second-order valence-electron chi connectivity index (χ2n) is 3.98. The van der Waals surface area contributed by atoms with Crippen LogP contribution in [0.25, 0.3) is 10.9 Å². The Morgan fingerprint density at radius 3 is 3.00 bits per heavy atom. The third kappa shape index (κ3) is 2.46. The minimum absolute atomic E-state index is 0.262. The number of rotatable bonds is 3. The maximum atomic E-state index is 11.9. The lowest BCUT2D eigenvalue weighted by Crippen LogP contribution is -2.33. The van der Waals surface area contributed by atoms with Crippen molar-refractivity contribution in [2.75, 3.05) is 0 Å². The Kier molecular flexibility index (Phi) is 3.54. The van der Waals surface area contributed by atoms with Gasteiger partial charge in [0.1, 0.15) is 6.04 Å². The van der Waals surface area contributed by atoms with Gasteiger partial charge in [-0.15, -0.1) is 0 Å². The van der Waals surface area contributed by atoms with Crippen molar-refractivity contribution in [3.8, 4) is 6.07 Å². The number of carbonyl (C=O) groups excluding carboxylic acids is 1. The molecule has 1 aromatic carbocycles. The van der Waals surface area contributed by atoms with Gasteiger partial charge in [0.2, 0.25) is 0 Å². The Morgan fingerprint density at radius 1 is 1.50 bits per heavy atom. The van der Waals surface area contributed by atoms with Gasteiger partial charge in [-0.2, -0.15) is 5.26 Å². The number of hydrogen-bond acceptors (Lipinski definition) is 3. The lowest BCUT2D eigenvalue weighted by Gasteiger charge is -2.09. The molecule has 0 aliphatic carbocycles. The van der Waals surface area contributed by atoms with Crippen molar-refractivity contribution in [2.24, 2.45) is 0 Å². The van der Waals surface area contributed by atoms with Gasteiger partial charge in [-0.1, -0.05) is 25.1 Å². The summed E-state index contributed by atoms with van der Waals surface area (Å²) in [5, 5.41) is 12.4. The van der Waals surface area contributed by atoms with Crippen LogP contribution in [0.5, 0.6) is 0 Å². The highest BCUT2D eigenvalue weighted by atomic mass is 16.1. The number of amides is 1. The molecule has 0 saturated heterocycles. The van der Waals surface area contributed by atoms with Gasteiger partial charge in [0.15, 0.2) is 0 Å².